The number of anilines is 1. The number of aryl methyl sites for hydroxylation is 1. The number of nitrogen functional groups attached to an aromatic ring is 1. The van der Waals surface area contributed by atoms with Crippen molar-refractivity contribution in [3.63, 3.8) is 0 Å². The number of thiazole rings is 1. The molecule has 1 aromatic heterocycles. The molecule has 100 valence electrons. The van der Waals surface area contributed by atoms with Gasteiger partial charge in [-0.1, -0.05) is 11.3 Å². The van der Waals surface area contributed by atoms with Crippen molar-refractivity contribution < 1.29 is 13.2 Å². The number of sulfonamides is 1. The zero-order valence-electron chi connectivity index (χ0n) is 9.92. The minimum absolute atomic E-state index is 0.0235. The summed E-state index contributed by atoms with van der Waals surface area (Å²) in [6.45, 7) is 1.65. The molecule has 2 aliphatic rings. The first kappa shape index (κ1) is 12.3. The predicted octanol–water partition coefficient (Wildman–Crippen LogP) is 0.632. The van der Waals surface area contributed by atoms with Gasteiger partial charge in [-0.3, -0.25) is 0 Å². The van der Waals surface area contributed by atoms with Crippen molar-refractivity contribution >= 4 is 26.5 Å². The second-order valence-corrected chi connectivity index (χ2v) is 7.70. The molecule has 2 saturated heterocycles. The summed E-state index contributed by atoms with van der Waals surface area (Å²) in [5.74, 6) is 0. The summed E-state index contributed by atoms with van der Waals surface area (Å²) >= 11 is 1.00. The Labute approximate surface area is 110 Å². The van der Waals surface area contributed by atoms with E-state index in [1.807, 2.05) is 0 Å². The van der Waals surface area contributed by atoms with Crippen LogP contribution in [0.5, 0.6) is 0 Å². The molecule has 2 fully saturated rings. The van der Waals surface area contributed by atoms with Gasteiger partial charge in [-0.15, -0.1) is 0 Å². The first-order chi connectivity index (χ1) is 8.45. The number of nitrogens with one attached hydrogen (secondary N) is 1. The van der Waals surface area contributed by atoms with Crippen molar-refractivity contribution in [1.82, 2.24) is 9.71 Å². The number of ether oxygens (including phenoxy) is 1. The van der Waals surface area contributed by atoms with E-state index in [0.717, 1.165) is 30.6 Å². The van der Waals surface area contributed by atoms with Crippen LogP contribution in [0.15, 0.2) is 4.21 Å². The van der Waals surface area contributed by atoms with Crippen LogP contribution in [0, 0.1) is 6.92 Å². The largest absolute Gasteiger partial charge is 0.375 e. The van der Waals surface area contributed by atoms with E-state index in [9.17, 15) is 8.42 Å². The molecule has 8 heteroatoms. The first-order valence-electron chi connectivity index (χ1n) is 5.86. The fourth-order valence-corrected chi connectivity index (χ4v) is 5.26. The summed E-state index contributed by atoms with van der Waals surface area (Å²) in [7, 11) is -3.53. The van der Waals surface area contributed by atoms with E-state index in [4.69, 9.17) is 10.5 Å². The molecule has 3 N–H and O–H groups in total. The van der Waals surface area contributed by atoms with E-state index < -0.39 is 10.0 Å². The van der Waals surface area contributed by atoms with Gasteiger partial charge in [-0.25, -0.2) is 18.1 Å². The van der Waals surface area contributed by atoms with Crippen molar-refractivity contribution in [3.05, 3.63) is 5.69 Å². The van der Waals surface area contributed by atoms with Gasteiger partial charge in [0.15, 0.2) is 9.34 Å². The summed E-state index contributed by atoms with van der Waals surface area (Å²) in [6, 6.07) is -0.114. The van der Waals surface area contributed by atoms with Crippen LogP contribution in [0.4, 0.5) is 5.13 Å². The molecule has 18 heavy (non-hydrogen) atoms. The lowest BCUT2D eigenvalue weighted by Gasteiger charge is -2.19. The van der Waals surface area contributed by atoms with Gasteiger partial charge in [-0.05, 0) is 26.2 Å². The number of fused-ring (bicyclic) bond motifs is 2. The SMILES string of the molecule is Cc1nc(N)sc1S(=O)(=O)NC1CC2CCC1O2. The maximum Gasteiger partial charge on any atom is 0.252 e. The molecule has 0 aliphatic carbocycles. The first-order valence-corrected chi connectivity index (χ1v) is 8.16. The Morgan fingerprint density at radius 3 is 2.78 bits per heavy atom. The molecular formula is C10H15N3O3S2. The van der Waals surface area contributed by atoms with Crippen molar-refractivity contribution in [2.75, 3.05) is 5.73 Å². The normalized spacial score (nSPS) is 31.1. The van der Waals surface area contributed by atoms with Gasteiger partial charge in [0.2, 0.25) is 0 Å². The Bertz CT molecular complexity index is 569. The van der Waals surface area contributed by atoms with Crippen molar-refractivity contribution in [3.8, 4) is 0 Å². The van der Waals surface area contributed by atoms with Crippen LogP contribution in [0.25, 0.3) is 0 Å². The summed E-state index contributed by atoms with van der Waals surface area (Å²) in [6.07, 6.45) is 2.97. The highest BCUT2D eigenvalue weighted by molar-refractivity contribution is 7.91. The fraction of sp³-hybridized carbons (Fsp3) is 0.700. The van der Waals surface area contributed by atoms with Gasteiger partial charge in [0, 0.05) is 0 Å². The van der Waals surface area contributed by atoms with Crippen LogP contribution in [0.1, 0.15) is 25.0 Å². The average molecular weight is 289 g/mol. The quantitative estimate of drug-likeness (QED) is 0.851. The highest BCUT2D eigenvalue weighted by Crippen LogP contribution is 2.35. The number of aromatic nitrogens is 1. The predicted molar refractivity (Wildman–Crippen MR) is 67.9 cm³/mol. The molecule has 0 amide bonds. The van der Waals surface area contributed by atoms with Gasteiger partial charge in [0.25, 0.3) is 10.0 Å². The zero-order chi connectivity index (χ0) is 12.9. The van der Waals surface area contributed by atoms with Crippen LogP contribution in [-0.4, -0.2) is 31.7 Å². The van der Waals surface area contributed by atoms with E-state index in [2.05, 4.69) is 9.71 Å². The molecule has 3 atom stereocenters. The number of hydrogen-bond acceptors (Lipinski definition) is 6. The topological polar surface area (TPSA) is 94.3 Å². The van der Waals surface area contributed by atoms with Gasteiger partial charge >= 0.3 is 0 Å². The fourth-order valence-electron chi connectivity index (χ4n) is 2.67. The standard InChI is InChI=1S/C10H15N3O3S2/c1-5-9(17-10(11)12-5)18(14,15)13-7-4-6-2-3-8(7)16-6/h6-8,13H,2-4H2,1H3,(H2,11,12). The third-order valence-electron chi connectivity index (χ3n) is 3.43. The molecule has 0 radical (unpaired) electrons. The maximum absolute atomic E-state index is 12.2. The van der Waals surface area contributed by atoms with Gasteiger partial charge < -0.3 is 10.5 Å². The Morgan fingerprint density at radius 2 is 2.28 bits per heavy atom. The molecule has 0 saturated carbocycles. The monoisotopic (exact) mass is 289 g/mol. The third kappa shape index (κ3) is 2.03. The van der Waals surface area contributed by atoms with Gasteiger partial charge in [0.05, 0.1) is 23.9 Å². The molecule has 6 nitrogen and oxygen atoms in total. The van der Waals surface area contributed by atoms with E-state index in [-0.39, 0.29) is 27.6 Å². The number of hydrogen-bond donors (Lipinski definition) is 2. The van der Waals surface area contributed by atoms with E-state index in [1.165, 1.54) is 0 Å². The molecule has 0 spiro atoms. The molecule has 3 rings (SSSR count). The van der Waals surface area contributed by atoms with E-state index >= 15 is 0 Å². The third-order valence-corrected chi connectivity index (χ3v) is 6.51. The molecule has 2 bridgehead atoms. The van der Waals surface area contributed by atoms with E-state index in [1.54, 1.807) is 6.92 Å². The molecule has 1 aromatic rings. The minimum Gasteiger partial charge on any atom is -0.375 e. The molecule has 0 aromatic carbocycles. The summed E-state index contributed by atoms with van der Waals surface area (Å²) in [5, 5.41) is 0.275. The highest BCUT2D eigenvalue weighted by Gasteiger charge is 2.43. The Morgan fingerprint density at radius 1 is 1.50 bits per heavy atom. The lowest BCUT2D eigenvalue weighted by molar-refractivity contribution is 0.0996. The minimum atomic E-state index is -3.53. The highest BCUT2D eigenvalue weighted by atomic mass is 32.2. The zero-order valence-corrected chi connectivity index (χ0v) is 11.6. The van der Waals surface area contributed by atoms with Crippen LogP contribution < -0.4 is 10.5 Å². The summed E-state index contributed by atoms with van der Waals surface area (Å²) in [5.41, 5.74) is 5.99. The van der Waals surface area contributed by atoms with Crippen LogP contribution in [0.2, 0.25) is 0 Å². The van der Waals surface area contributed by atoms with Crippen LogP contribution in [-0.2, 0) is 14.8 Å². The Balaban J connectivity index is 1.81. The van der Waals surface area contributed by atoms with Crippen LogP contribution >= 0.6 is 11.3 Å². The second kappa shape index (κ2) is 4.16. The van der Waals surface area contributed by atoms with Crippen molar-refractivity contribution in [2.24, 2.45) is 0 Å². The molecule has 2 aliphatic heterocycles. The maximum atomic E-state index is 12.2. The lowest BCUT2D eigenvalue weighted by Crippen LogP contribution is -2.41. The van der Waals surface area contributed by atoms with Crippen LogP contribution in [0.3, 0.4) is 0 Å². The smallest absolute Gasteiger partial charge is 0.252 e. The van der Waals surface area contributed by atoms with Crippen molar-refractivity contribution in [1.29, 1.82) is 0 Å². The summed E-state index contributed by atoms with van der Waals surface area (Å²) < 4.78 is 33.1. The Kier molecular flexibility index (Phi) is 2.85. The summed E-state index contributed by atoms with van der Waals surface area (Å²) in [4.78, 5) is 3.95. The molecule has 3 unspecified atom stereocenters. The van der Waals surface area contributed by atoms with E-state index in [0.29, 0.717) is 5.69 Å². The number of nitrogens with zero attached hydrogens (tertiary/aromatic N) is 1. The average Bonchev–Trinajstić information content (AvgIpc) is 2.93. The lowest BCUT2D eigenvalue weighted by atomic mass is 9.96. The van der Waals surface area contributed by atoms with Crippen molar-refractivity contribution in [2.45, 2.75) is 48.6 Å². The molecule has 3 heterocycles. The second-order valence-electron chi connectivity index (χ2n) is 4.76. The number of rotatable bonds is 3. The number of nitrogens with two attached hydrogens (primary N) is 1. The Hall–Kier alpha value is -0.700. The molecular weight excluding hydrogens is 274 g/mol. The van der Waals surface area contributed by atoms with Gasteiger partial charge in [-0.2, -0.15) is 0 Å². The van der Waals surface area contributed by atoms with Gasteiger partial charge in [0.1, 0.15) is 0 Å².